The molecular formula is C21H24N4O4. The Balaban J connectivity index is 1.48. The van der Waals surface area contributed by atoms with Crippen molar-refractivity contribution < 1.29 is 14.3 Å². The largest absolute Gasteiger partial charge is 0.376 e. The SMILES string of the molecule is C[C@@H]1Cc2ccccc2N1C(=O)c1ccc(=O)n(CC(=O)NC[C@H]2CCCO2)n1. The first kappa shape index (κ1) is 19.3. The van der Waals surface area contributed by atoms with Crippen molar-refractivity contribution >= 4 is 17.5 Å². The van der Waals surface area contributed by atoms with Gasteiger partial charge in [0.1, 0.15) is 12.2 Å². The summed E-state index contributed by atoms with van der Waals surface area (Å²) in [5.41, 5.74) is 1.68. The molecule has 4 rings (SSSR count). The Morgan fingerprint density at radius 1 is 1.24 bits per heavy atom. The lowest BCUT2D eigenvalue weighted by molar-refractivity contribution is -0.122. The molecule has 0 radical (unpaired) electrons. The lowest BCUT2D eigenvalue weighted by atomic mass is 10.1. The van der Waals surface area contributed by atoms with Gasteiger partial charge in [0.15, 0.2) is 0 Å². The highest BCUT2D eigenvalue weighted by Gasteiger charge is 2.32. The van der Waals surface area contributed by atoms with Gasteiger partial charge in [-0.1, -0.05) is 18.2 Å². The highest BCUT2D eigenvalue weighted by molar-refractivity contribution is 6.06. The van der Waals surface area contributed by atoms with E-state index in [0.29, 0.717) is 13.2 Å². The minimum atomic E-state index is -0.427. The number of fused-ring (bicyclic) bond motifs is 1. The van der Waals surface area contributed by atoms with Gasteiger partial charge in [-0.25, -0.2) is 4.68 Å². The molecular weight excluding hydrogens is 372 g/mol. The van der Waals surface area contributed by atoms with Gasteiger partial charge in [-0.05, 0) is 43.9 Å². The first-order valence-electron chi connectivity index (χ1n) is 9.91. The first-order valence-corrected chi connectivity index (χ1v) is 9.91. The predicted molar refractivity (Wildman–Crippen MR) is 107 cm³/mol. The summed E-state index contributed by atoms with van der Waals surface area (Å²) in [6.45, 7) is 2.86. The molecule has 152 valence electrons. The summed E-state index contributed by atoms with van der Waals surface area (Å²) in [6.07, 6.45) is 2.70. The summed E-state index contributed by atoms with van der Waals surface area (Å²) in [4.78, 5) is 39.2. The van der Waals surface area contributed by atoms with Crippen molar-refractivity contribution in [2.45, 2.75) is 44.9 Å². The fourth-order valence-electron chi connectivity index (χ4n) is 3.90. The molecule has 0 spiro atoms. The standard InChI is InChI=1S/C21H24N4O4/c1-14-11-15-5-2-3-7-18(15)25(14)21(28)17-8-9-20(27)24(23-17)13-19(26)22-12-16-6-4-10-29-16/h2-3,5,7-9,14,16H,4,6,10-13H2,1H3,(H,22,26)/t14-,16-/m1/s1. The first-order chi connectivity index (χ1) is 14.0. The summed E-state index contributed by atoms with van der Waals surface area (Å²) in [5, 5.41) is 6.93. The van der Waals surface area contributed by atoms with Gasteiger partial charge in [0.25, 0.3) is 11.5 Å². The van der Waals surface area contributed by atoms with E-state index in [2.05, 4.69) is 10.4 Å². The van der Waals surface area contributed by atoms with E-state index >= 15 is 0 Å². The van der Waals surface area contributed by atoms with Gasteiger partial charge in [0.2, 0.25) is 5.91 Å². The maximum atomic E-state index is 13.1. The summed E-state index contributed by atoms with van der Waals surface area (Å²) in [5.74, 6) is -0.615. The van der Waals surface area contributed by atoms with Crippen LogP contribution in [-0.2, 0) is 22.5 Å². The van der Waals surface area contributed by atoms with E-state index in [0.717, 1.165) is 35.2 Å². The van der Waals surface area contributed by atoms with Crippen molar-refractivity contribution in [1.82, 2.24) is 15.1 Å². The third-order valence-corrected chi connectivity index (χ3v) is 5.36. The summed E-state index contributed by atoms with van der Waals surface area (Å²) in [6, 6.07) is 10.4. The summed E-state index contributed by atoms with van der Waals surface area (Å²) < 4.78 is 6.51. The monoisotopic (exact) mass is 396 g/mol. The molecule has 1 aromatic carbocycles. The van der Waals surface area contributed by atoms with Crippen molar-refractivity contribution in [2.24, 2.45) is 0 Å². The van der Waals surface area contributed by atoms with Crippen molar-refractivity contribution in [3.63, 3.8) is 0 Å². The number of nitrogens with one attached hydrogen (secondary N) is 1. The minimum absolute atomic E-state index is 0.00297. The van der Waals surface area contributed by atoms with Gasteiger partial charge < -0.3 is 15.0 Å². The van der Waals surface area contributed by atoms with Crippen LogP contribution < -0.4 is 15.8 Å². The molecule has 2 aromatic rings. The highest BCUT2D eigenvalue weighted by atomic mass is 16.5. The molecule has 8 nitrogen and oxygen atoms in total. The zero-order valence-electron chi connectivity index (χ0n) is 16.3. The lowest BCUT2D eigenvalue weighted by Gasteiger charge is -2.22. The normalized spacial score (nSPS) is 20.5. The van der Waals surface area contributed by atoms with E-state index in [-0.39, 0.29) is 36.2 Å². The van der Waals surface area contributed by atoms with Crippen LogP contribution in [0.2, 0.25) is 0 Å². The highest BCUT2D eigenvalue weighted by Crippen LogP contribution is 2.32. The third kappa shape index (κ3) is 4.07. The molecule has 3 heterocycles. The van der Waals surface area contributed by atoms with Gasteiger partial charge >= 0.3 is 0 Å². The fraction of sp³-hybridized carbons (Fsp3) is 0.429. The van der Waals surface area contributed by atoms with Crippen molar-refractivity contribution in [2.75, 3.05) is 18.1 Å². The molecule has 8 heteroatoms. The second-order valence-electron chi connectivity index (χ2n) is 7.51. The Bertz CT molecular complexity index is 981. The topological polar surface area (TPSA) is 93.5 Å². The van der Waals surface area contributed by atoms with Crippen LogP contribution in [0.25, 0.3) is 0 Å². The van der Waals surface area contributed by atoms with E-state index in [9.17, 15) is 14.4 Å². The second-order valence-corrected chi connectivity index (χ2v) is 7.51. The Morgan fingerprint density at radius 2 is 2.07 bits per heavy atom. The molecule has 29 heavy (non-hydrogen) atoms. The number of nitrogens with zero attached hydrogens (tertiary/aromatic N) is 3. The number of hydrogen-bond donors (Lipinski definition) is 1. The summed E-state index contributed by atoms with van der Waals surface area (Å²) in [7, 11) is 0. The van der Waals surface area contributed by atoms with Crippen LogP contribution in [-0.4, -0.2) is 46.9 Å². The average molecular weight is 396 g/mol. The smallest absolute Gasteiger partial charge is 0.278 e. The molecule has 0 bridgehead atoms. The van der Waals surface area contributed by atoms with Crippen LogP contribution in [0.4, 0.5) is 5.69 Å². The van der Waals surface area contributed by atoms with Crippen LogP contribution in [0.5, 0.6) is 0 Å². The van der Waals surface area contributed by atoms with Crippen LogP contribution in [0.1, 0.15) is 35.8 Å². The number of carbonyl (C=O) groups is 2. The number of rotatable bonds is 5. The minimum Gasteiger partial charge on any atom is -0.376 e. The molecule has 1 aromatic heterocycles. The molecule has 0 saturated carbocycles. The zero-order chi connectivity index (χ0) is 20.4. The third-order valence-electron chi connectivity index (χ3n) is 5.36. The molecule has 2 aliphatic rings. The number of benzene rings is 1. The average Bonchev–Trinajstić information content (AvgIpc) is 3.34. The Morgan fingerprint density at radius 3 is 2.86 bits per heavy atom. The number of ether oxygens (including phenoxy) is 1. The van der Waals surface area contributed by atoms with Gasteiger partial charge in [0.05, 0.1) is 6.10 Å². The van der Waals surface area contributed by atoms with Crippen molar-refractivity contribution in [3.8, 4) is 0 Å². The van der Waals surface area contributed by atoms with Gasteiger partial charge in [0, 0.05) is 30.9 Å². The van der Waals surface area contributed by atoms with E-state index in [1.807, 2.05) is 31.2 Å². The summed E-state index contributed by atoms with van der Waals surface area (Å²) >= 11 is 0. The number of carbonyl (C=O) groups excluding carboxylic acids is 2. The predicted octanol–water partition coefficient (Wildman–Crippen LogP) is 1.13. The molecule has 1 N–H and O–H groups in total. The van der Waals surface area contributed by atoms with Crippen LogP contribution in [0, 0.1) is 0 Å². The second kappa shape index (κ2) is 8.16. The number of anilines is 1. The van der Waals surface area contributed by atoms with E-state index in [1.54, 1.807) is 4.90 Å². The molecule has 2 atom stereocenters. The van der Waals surface area contributed by atoms with Gasteiger partial charge in [-0.3, -0.25) is 14.4 Å². The maximum absolute atomic E-state index is 13.1. The zero-order valence-corrected chi connectivity index (χ0v) is 16.3. The fourth-order valence-corrected chi connectivity index (χ4v) is 3.90. The number of para-hydroxylation sites is 1. The maximum Gasteiger partial charge on any atom is 0.278 e. The molecule has 0 unspecified atom stereocenters. The number of amides is 2. The van der Waals surface area contributed by atoms with E-state index < -0.39 is 5.56 Å². The lowest BCUT2D eigenvalue weighted by Crippen LogP contribution is -2.40. The Hall–Kier alpha value is -3.00. The van der Waals surface area contributed by atoms with E-state index in [1.165, 1.54) is 12.1 Å². The van der Waals surface area contributed by atoms with Crippen LogP contribution in [0.15, 0.2) is 41.2 Å². The number of hydrogen-bond acceptors (Lipinski definition) is 5. The molecule has 1 fully saturated rings. The van der Waals surface area contributed by atoms with E-state index in [4.69, 9.17) is 4.74 Å². The van der Waals surface area contributed by atoms with Gasteiger partial charge in [-0.2, -0.15) is 5.10 Å². The molecule has 0 aliphatic carbocycles. The van der Waals surface area contributed by atoms with Gasteiger partial charge in [-0.15, -0.1) is 0 Å². The quantitative estimate of drug-likeness (QED) is 0.818. The molecule has 2 amide bonds. The van der Waals surface area contributed by atoms with Crippen molar-refractivity contribution in [3.05, 3.63) is 58.0 Å². The van der Waals surface area contributed by atoms with Crippen LogP contribution in [0.3, 0.4) is 0 Å². The molecule has 2 aliphatic heterocycles. The Labute approximate surface area is 168 Å². The molecule has 1 saturated heterocycles. The Kier molecular flexibility index (Phi) is 5.44. The number of aromatic nitrogens is 2. The van der Waals surface area contributed by atoms with Crippen LogP contribution >= 0.6 is 0 Å². The van der Waals surface area contributed by atoms with Crippen molar-refractivity contribution in [1.29, 1.82) is 0 Å².